The summed E-state index contributed by atoms with van der Waals surface area (Å²) in [6.07, 6.45) is 2.77. The van der Waals surface area contributed by atoms with E-state index < -0.39 is 17.1 Å². The van der Waals surface area contributed by atoms with E-state index in [9.17, 15) is 18.8 Å². The van der Waals surface area contributed by atoms with Gasteiger partial charge in [0, 0.05) is 17.8 Å². The molecule has 0 radical (unpaired) electrons. The van der Waals surface area contributed by atoms with Crippen molar-refractivity contribution in [1.29, 1.82) is 0 Å². The van der Waals surface area contributed by atoms with Gasteiger partial charge in [0.15, 0.2) is 16.7 Å². The molecule has 0 aliphatic carbocycles. The Bertz CT molecular complexity index is 1780. The summed E-state index contributed by atoms with van der Waals surface area (Å²) in [5.41, 5.74) is 2.05. The van der Waals surface area contributed by atoms with Crippen molar-refractivity contribution >= 4 is 46.0 Å². The van der Waals surface area contributed by atoms with Crippen LogP contribution in [0.2, 0.25) is 0 Å². The van der Waals surface area contributed by atoms with Gasteiger partial charge in [-0.25, -0.2) is 9.38 Å². The molecular formula is C34H31FN4O6S. The molecule has 2 aliphatic heterocycles. The van der Waals surface area contributed by atoms with E-state index in [1.54, 1.807) is 71.6 Å². The van der Waals surface area contributed by atoms with Gasteiger partial charge in [-0.2, -0.15) is 0 Å². The zero-order valence-electron chi connectivity index (χ0n) is 25.1. The summed E-state index contributed by atoms with van der Waals surface area (Å²) in [5, 5.41) is 2.75. The first kappa shape index (κ1) is 30.9. The maximum Gasteiger partial charge on any atom is 0.254 e. The molecule has 1 aromatic heterocycles. The molecule has 1 N–H and O–H groups in total. The molecule has 2 aliphatic rings. The van der Waals surface area contributed by atoms with Crippen LogP contribution in [0.1, 0.15) is 39.8 Å². The molecular weight excluding hydrogens is 611 g/mol. The molecule has 2 atom stereocenters. The van der Waals surface area contributed by atoms with E-state index in [1.807, 2.05) is 0 Å². The highest BCUT2D eigenvalue weighted by Gasteiger charge is 2.40. The van der Waals surface area contributed by atoms with E-state index in [2.05, 4.69) is 10.3 Å². The SMILES string of the molecule is COc1ccc(C(=O)N2CCC[C@H]2C(=O)Nc2ccc(C3S/C(=N\c4cccc(F)c4)N(Cc4ccco4)C3=O)cc2)cc1OC. The number of thioether (sulfide) groups is 1. The predicted molar refractivity (Wildman–Crippen MR) is 172 cm³/mol. The molecule has 1 unspecified atom stereocenters. The number of benzene rings is 3. The average molecular weight is 643 g/mol. The van der Waals surface area contributed by atoms with Crippen molar-refractivity contribution < 1.29 is 32.7 Å². The largest absolute Gasteiger partial charge is 0.493 e. The lowest BCUT2D eigenvalue weighted by Crippen LogP contribution is -2.43. The van der Waals surface area contributed by atoms with Gasteiger partial charge < -0.3 is 24.1 Å². The molecule has 0 bridgehead atoms. The van der Waals surface area contributed by atoms with E-state index in [1.165, 1.54) is 49.3 Å². The number of hydrogen-bond acceptors (Lipinski definition) is 8. The second-order valence-electron chi connectivity index (χ2n) is 10.7. The van der Waals surface area contributed by atoms with Gasteiger partial charge in [0.05, 0.1) is 32.7 Å². The Kier molecular flexibility index (Phi) is 9.06. The molecule has 2 fully saturated rings. The second-order valence-corrected chi connectivity index (χ2v) is 11.8. The Labute approximate surface area is 269 Å². The quantitative estimate of drug-likeness (QED) is 0.232. The molecule has 46 heavy (non-hydrogen) atoms. The van der Waals surface area contributed by atoms with Gasteiger partial charge in [-0.05, 0) is 79.1 Å². The summed E-state index contributed by atoms with van der Waals surface area (Å²) in [5.74, 6) is 0.364. The van der Waals surface area contributed by atoms with Crippen molar-refractivity contribution in [3.05, 3.63) is 108 Å². The Morgan fingerprint density at radius 2 is 1.83 bits per heavy atom. The number of nitrogens with one attached hydrogen (secondary N) is 1. The first-order valence-electron chi connectivity index (χ1n) is 14.6. The highest BCUT2D eigenvalue weighted by Crippen LogP contribution is 2.41. The van der Waals surface area contributed by atoms with Gasteiger partial charge in [-0.15, -0.1) is 0 Å². The number of carbonyl (C=O) groups excluding carboxylic acids is 3. The molecule has 6 rings (SSSR count). The highest BCUT2D eigenvalue weighted by atomic mass is 32.2. The maximum atomic E-state index is 13.9. The van der Waals surface area contributed by atoms with Crippen LogP contribution in [0.25, 0.3) is 0 Å². The molecule has 10 nitrogen and oxygen atoms in total. The molecule has 3 aromatic carbocycles. The molecule has 2 saturated heterocycles. The fraction of sp³-hybridized carbons (Fsp3) is 0.235. The average Bonchev–Trinajstić information content (AvgIpc) is 3.83. The van der Waals surface area contributed by atoms with Gasteiger partial charge in [0.25, 0.3) is 5.91 Å². The van der Waals surface area contributed by atoms with Crippen LogP contribution in [-0.4, -0.2) is 59.5 Å². The van der Waals surface area contributed by atoms with Crippen LogP contribution in [0, 0.1) is 5.82 Å². The Morgan fingerprint density at radius 3 is 2.54 bits per heavy atom. The molecule has 12 heteroatoms. The number of amidine groups is 1. The monoisotopic (exact) mass is 642 g/mol. The standard InChI is InChI=1S/C34H31FN4O6S/c1-43-28-15-12-22(18-29(28)44-2)32(41)38-16-4-9-27(38)31(40)36-24-13-10-21(11-14-24)30-33(42)39(20-26-8-5-17-45-26)34(46-30)37-25-7-3-6-23(35)19-25/h3,5-8,10-15,17-19,27,30H,4,9,16,20H2,1-2H3,(H,36,40)/b37-34-/t27-,30?/m0/s1. The third kappa shape index (κ3) is 6.47. The number of aliphatic imine (C=N–C) groups is 1. The van der Waals surface area contributed by atoms with Crippen LogP contribution in [0.5, 0.6) is 11.5 Å². The third-order valence-corrected chi connectivity index (χ3v) is 9.03. The minimum Gasteiger partial charge on any atom is -0.493 e. The number of nitrogens with zero attached hydrogens (tertiary/aromatic N) is 3. The van der Waals surface area contributed by atoms with E-state index in [0.29, 0.717) is 64.3 Å². The smallest absolute Gasteiger partial charge is 0.254 e. The number of furan rings is 1. The first-order chi connectivity index (χ1) is 22.3. The number of methoxy groups -OCH3 is 2. The van der Waals surface area contributed by atoms with Crippen LogP contribution in [0.3, 0.4) is 0 Å². The Balaban J connectivity index is 1.16. The summed E-state index contributed by atoms with van der Waals surface area (Å²) in [6, 6.07) is 20.7. The molecule has 0 spiro atoms. The molecule has 4 aromatic rings. The van der Waals surface area contributed by atoms with Crippen molar-refractivity contribution in [3.8, 4) is 11.5 Å². The van der Waals surface area contributed by atoms with Crippen molar-refractivity contribution in [2.24, 2.45) is 4.99 Å². The molecule has 0 saturated carbocycles. The summed E-state index contributed by atoms with van der Waals surface area (Å²) in [7, 11) is 3.02. The number of likely N-dealkylation sites (tertiary alicyclic amines) is 1. The zero-order valence-corrected chi connectivity index (χ0v) is 26.0. The van der Waals surface area contributed by atoms with E-state index in [0.717, 1.165) is 0 Å². The summed E-state index contributed by atoms with van der Waals surface area (Å²) < 4.78 is 29.9. The van der Waals surface area contributed by atoms with Crippen molar-refractivity contribution in [2.75, 3.05) is 26.1 Å². The van der Waals surface area contributed by atoms with Crippen molar-refractivity contribution in [1.82, 2.24) is 9.80 Å². The number of hydrogen-bond donors (Lipinski definition) is 1. The number of carbonyl (C=O) groups is 3. The van der Waals surface area contributed by atoms with E-state index in [4.69, 9.17) is 13.9 Å². The predicted octanol–water partition coefficient (Wildman–Crippen LogP) is 6.18. The maximum absolute atomic E-state index is 13.9. The zero-order chi connectivity index (χ0) is 32.2. The third-order valence-electron chi connectivity index (χ3n) is 7.80. The van der Waals surface area contributed by atoms with Crippen LogP contribution < -0.4 is 14.8 Å². The minimum atomic E-state index is -0.635. The van der Waals surface area contributed by atoms with E-state index in [-0.39, 0.29) is 24.3 Å². The first-order valence-corrected chi connectivity index (χ1v) is 15.5. The second kappa shape index (κ2) is 13.5. The number of anilines is 1. The lowest BCUT2D eigenvalue weighted by molar-refractivity contribution is -0.126. The Morgan fingerprint density at radius 1 is 1.02 bits per heavy atom. The lowest BCUT2D eigenvalue weighted by atomic mass is 10.1. The minimum absolute atomic E-state index is 0.178. The number of amides is 3. The van der Waals surface area contributed by atoms with Gasteiger partial charge in [-0.3, -0.25) is 19.3 Å². The number of ether oxygens (including phenoxy) is 2. The number of rotatable bonds is 9. The van der Waals surface area contributed by atoms with Gasteiger partial charge in [0.2, 0.25) is 11.8 Å². The van der Waals surface area contributed by atoms with Crippen LogP contribution in [0.4, 0.5) is 15.8 Å². The molecule has 3 amide bonds. The van der Waals surface area contributed by atoms with Crippen LogP contribution in [-0.2, 0) is 16.1 Å². The fourth-order valence-electron chi connectivity index (χ4n) is 5.50. The van der Waals surface area contributed by atoms with Gasteiger partial charge >= 0.3 is 0 Å². The number of halogens is 1. The summed E-state index contributed by atoms with van der Waals surface area (Å²) in [6.45, 7) is 0.636. The normalized spacial score (nSPS) is 18.7. The molecule has 236 valence electrons. The van der Waals surface area contributed by atoms with Crippen LogP contribution in [0.15, 0.2) is 94.5 Å². The van der Waals surface area contributed by atoms with Crippen molar-refractivity contribution in [3.63, 3.8) is 0 Å². The molecule has 3 heterocycles. The fourth-order valence-corrected chi connectivity index (χ4v) is 6.67. The Hall–Kier alpha value is -5.10. The van der Waals surface area contributed by atoms with Gasteiger partial charge in [-0.1, -0.05) is 30.0 Å². The summed E-state index contributed by atoms with van der Waals surface area (Å²) >= 11 is 1.26. The topological polar surface area (TPSA) is 114 Å². The van der Waals surface area contributed by atoms with Gasteiger partial charge in [0.1, 0.15) is 22.9 Å². The van der Waals surface area contributed by atoms with E-state index >= 15 is 0 Å². The lowest BCUT2D eigenvalue weighted by Gasteiger charge is -2.24. The summed E-state index contributed by atoms with van der Waals surface area (Å²) in [4.78, 5) is 48.0. The van der Waals surface area contributed by atoms with Crippen molar-refractivity contribution in [2.45, 2.75) is 30.7 Å². The van der Waals surface area contributed by atoms with Crippen LogP contribution >= 0.6 is 11.8 Å². The highest BCUT2D eigenvalue weighted by molar-refractivity contribution is 8.15.